The van der Waals surface area contributed by atoms with Gasteiger partial charge in [0.15, 0.2) is 0 Å². The van der Waals surface area contributed by atoms with E-state index in [1.54, 1.807) is 12.1 Å². The molecule has 1 saturated heterocycles. The maximum Gasteiger partial charge on any atom is 0.241 e. The molecule has 0 aliphatic carbocycles. The van der Waals surface area contributed by atoms with E-state index in [1.165, 1.54) is 12.1 Å². The molecule has 4 rings (SSSR count). The molecule has 0 unspecified atom stereocenters. The molecule has 3 aromatic rings. The third-order valence-corrected chi connectivity index (χ3v) is 4.63. The zero-order chi connectivity index (χ0) is 18.6. The molecule has 0 saturated carbocycles. The van der Waals surface area contributed by atoms with Crippen molar-refractivity contribution in [2.75, 3.05) is 13.1 Å². The van der Waals surface area contributed by atoms with Crippen LogP contribution in [0.5, 0.6) is 0 Å². The first-order chi connectivity index (χ1) is 13.2. The van der Waals surface area contributed by atoms with Gasteiger partial charge in [-0.1, -0.05) is 35.5 Å². The summed E-state index contributed by atoms with van der Waals surface area (Å²) in [6, 6.07) is 15.8. The van der Waals surface area contributed by atoms with Crippen LogP contribution >= 0.6 is 0 Å². The third-order valence-electron chi connectivity index (χ3n) is 4.63. The van der Waals surface area contributed by atoms with E-state index in [0.717, 1.165) is 5.56 Å². The molecule has 1 aliphatic rings. The topological polar surface area (TPSA) is 71.3 Å². The van der Waals surface area contributed by atoms with Gasteiger partial charge in [-0.2, -0.15) is 4.98 Å². The first kappa shape index (κ1) is 17.4. The second-order valence-electron chi connectivity index (χ2n) is 6.47. The third kappa shape index (κ3) is 4.03. The van der Waals surface area contributed by atoms with Gasteiger partial charge in [-0.25, -0.2) is 4.39 Å². The number of halogens is 1. The van der Waals surface area contributed by atoms with Crippen LogP contribution in [0, 0.1) is 5.82 Å². The Hall–Kier alpha value is -3.06. The Balaban J connectivity index is 1.56. The molecule has 1 fully saturated rings. The normalized spacial score (nSPS) is 18.1. The van der Waals surface area contributed by atoms with E-state index in [4.69, 9.17) is 4.52 Å². The van der Waals surface area contributed by atoms with Crippen LogP contribution in [0.4, 0.5) is 4.39 Å². The molecule has 138 valence electrons. The van der Waals surface area contributed by atoms with E-state index >= 15 is 0 Å². The lowest BCUT2D eigenvalue weighted by Crippen LogP contribution is -2.30. The zero-order valence-electron chi connectivity index (χ0n) is 14.6. The van der Waals surface area contributed by atoms with Gasteiger partial charge in [-0.15, -0.1) is 0 Å². The van der Waals surface area contributed by atoms with Gasteiger partial charge in [0.1, 0.15) is 5.82 Å². The van der Waals surface area contributed by atoms with Gasteiger partial charge in [0.05, 0.1) is 6.54 Å². The van der Waals surface area contributed by atoms with E-state index in [0.29, 0.717) is 43.3 Å². The Morgan fingerprint density at radius 3 is 2.70 bits per heavy atom. The van der Waals surface area contributed by atoms with Crippen molar-refractivity contribution in [3.63, 3.8) is 0 Å². The largest absolute Gasteiger partial charge is 0.355 e. The summed E-state index contributed by atoms with van der Waals surface area (Å²) in [5.41, 5.74) is 1.77. The van der Waals surface area contributed by atoms with E-state index < -0.39 is 0 Å². The fraction of sp³-hybridized carbons (Fsp3) is 0.250. The van der Waals surface area contributed by atoms with Gasteiger partial charge in [-0.3, -0.25) is 9.69 Å². The Bertz CT molecular complexity index is 911. The van der Waals surface area contributed by atoms with E-state index in [1.807, 2.05) is 30.3 Å². The fourth-order valence-corrected chi connectivity index (χ4v) is 3.27. The predicted molar refractivity (Wildman–Crippen MR) is 96.9 cm³/mol. The summed E-state index contributed by atoms with van der Waals surface area (Å²) >= 11 is 0. The van der Waals surface area contributed by atoms with Crippen LogP contribution in [-0.2, 0) is 11.3 Å². The highest BCUT2D eigenvalue weighted by Crippen LogP contribution is 2.27. The number of nitrogens with one attached hydrogen (secondary N) is 1. The van der Waals surface area contributed by atoms with Crippen molar-refractivity contribution in [1.82, 2.24) is 20.4 Å². The molecule has 1 aliphatic heterocycles. The van der Waals surface area contributed by atoms with Crippen LogP contribution in [0.1, 0.15) is 23.9 Å². The van der Waals surface area contributed by atoms with Crippen LogP contribution in [0.2, 0.25) is 0 Å². The average molecular weight is 366 g/mol. The molecule has 2 aromatic carbocycles. The van der Waals surface area contributed by atoms with Crippen LogP contribution in [-0.4, -0.2) is 34.0 Å². The van der Waals surface area contributed by atoms with Crippen LogP contribution in [0.15, 0.2) is 59.1 Å². The number of carbonyl (C=O) groups is 1. The number of hydrogen-bond donors (Lipinski definition) is 1. The highest BCUT2D eigenvalue weighted by molar-refractivity contribution is 5.77. The number of hydrogen-bond acceptors (Lipinski definition) is 5. The minimum Gasteiger partial charge on any atom is -0.355 e. The summed E-state index contributed by atoms with van der Waals surface area (Å²) in [7, 11) is 0. The number of aromatic nitrogens is 2. The standard InChI is InChI=1S/C20H19FN4O2/c21-16-8-6-15(7-9-16)20-23-19(27-24-20)13-25-11-10-22-18(26)12-17(25)14-4-2-1-3-5-14/h1-9,17H,10-13H2,(H,22,26)/t17-/m1/s1. The summed E-state index contributed by atoms with van der Waals surface area (Å²) in [5.74, 6) is 0.605. The Labute approximate surface area is 156 Å². The van der Waals surface area contributed by atoms with Crippen molar-refractivity contribution < 1.29 is 13.7 Å². The van der Waals surface area contributed by atoms with Gasteiger partial charge in [0, 0.05) is 31.1 Å². The zero-order valence-corrected chi connectivity index (χ0v) is 14.6. The predicted octanol–water partition coefficient (Wildman–Crippen LogP) is 2.94. The first-order valence-electron chi connectivity index (χ1n) is 8.83. The summed E-state index contributed by atoms with van der Waals surface area (Å²) in [6.07, 6.45) is 0.378. The molecule has 1 N–H and O–H groups in total. The lowest BCUT2D eigenvalue weighted by Gasteiger charge is -2.27. The molecule has 27 heavy (non-hydrogen) atoms. The number of benzene rings is 2. The number of amides is 1. The van der Waals surface area contributed by atoms with E-state index in [2.05, 4.69) is 20.4 Å². The summed E-state index contributed by atoms with van der Waals surface area (Å²) < 4.78 is 18.5. The van der Waals surface area contributed by atoms with Crippen molar-refractivity contribution in [2.45, 2.75) is 19.0 Å². The average Bonchev–Trinajstić information content (AvgIpc) is 3.07. The summed E-state index contributed by atoms with van der Waals surface area (Å²) in [5, 5.41) is 6.91. The number of nitrogens with zero attached hydrogens (tertiary/aromatic N) is 3. The second-order valence-corrected chi connectivity index (χ2v) is 6.47. The van der Waals surface area contributed by atoms with Gasteiger partial charge >= 0.3 is 0 Å². The van der Waals surface area contributed by atoms with Crippen LogP contribution in [0.25, 0.3) is 11.4 Å². The highest BCUT2D eigenvalue weighted by Gasteiger charge is 2.27. The molecule has 1 amide bonds. The van der Waals surface area contributed by atoms with Crippen molar-refractivity contribution in [1.29, 1.82) is 0 Å². The van der Waals surface area contributed by atoms with Crippen LogP contribution < -0.4 is 5.32 Å². The number of carbonyl (C=O) groups excluding carboxylic acids is 1. The minimum absolute atomic E-state index is 0.0314. The Morgan fingerprint density at radius 1 is 1.15 bits per heavy atom. The lowest BCUT2D eigenvalue weighted by molar-refractivity contribution is -0.121. The van der Waals surface area contributed by atoms with Gasteiger partial charge in [0.25, 0.3) is 0 Å². The van der Waals surface area contributed by atoms with Gasteiger partial charge < -0.3 is 9.84 Å². The van der Waals surface area contributed by atoms with Crippen molar-refractivity contribution in [2.24, 2.45) is 0 Å². The lowest BCUT2D eigenvalue weighted by atomic mass is 10.0. The molecule has 6 nitrogen and oxygen atoms in total. The summed E-state index contributed by atoms with van der Waals surface area (Å²) in [4.78, 5) is 18.7. The summed E-state index contributed by atoms with van der Waals surface area (Å²) in [6.45, 7) is 1.68. The molecule has 0 bridgehead atoms. The molecule has 1 atom stereocenters. The van der Waals surface area contributed by atoms with Gasteiger partial charge in [-0.05, 0) is 29.8 Å². The molecule has 7 heteroatoms. The molecule has 0 radical (unpaired) electrons. The van der Waals surface area contributed by atoms with Crippen molar-refractivity contribution in [3.8, 4) is 11.4 Å². The van der Waals surface area contributed by atoms with E-state index in [-0.39, 0.29) is 17.8 Å². The van der Waals surface area contributed by atoms with Crippen molar-refractivity contribution >= 4 is 5.91 Å². The second kappa shape index (κ2) is 7.67. The molecule has 2 heterocycles. The SMILES string of the molecule is O=C1C[C@H](c2ccccc2)N(Cc2nc(-c3ccc(F)cc3)no2)CCN1. The minimum atomic E-state index is -0.310. The smallest absolute Gasteiger partial charge is 0.241 e. The monoisotopic (exact) mass is 366 g/mol. The first-order valence-corrected chi connectivity index (χ1v) is 8.83. The Morgan fingerprint density at radius 2 is 1.93 bits per heavy atom. The molecular formula is C20H19FN4O2. The maximum absolute atomic E-state index is 13.1. The molecule has 0 spiro atoms. The maximum atomic E-state index is 13.1. The highest BCUT2D eigenvalue weighted by atomic mass is 19.1. The van der Waals surface area contributed by atoms with Crippen molar-refractivity contribution in [3.05, 3.63) is 71.9 Å². The van der Waals surface area contributed by atoms with E-state index in [9.17, 15) is 9.18 Å². The fourth-order valence-electron chi connectivity index (χ4n) is 3.27. The number of rotatable bonds is 4. The van der Waals surface area contributed by atoms with Crippen LogP contribution in [0.3, 0.4) is 0 Å². The van der Waals surface area contributed by atoms with Gasteiger partial charge in [0.2, 0.25) is 17.6 Å². The molecule has 1 aromatic heterocycles. The quantitative estimate of drug-likeness (QED) is 0.769. The Kier molecular flexibility index (Phi) is 4.93. The molecular weight excluding hydrogens is 347 g/mol.